The average Bonchev–Trinajstić information content (AvgIpc) is 2.81. The number of rotatable bonds is 3. The molecule has 0 saturated heterocycles. The SMILES string of the molecule is CCN(C)C(=O)NC(C)c1nc2ccccc2[nH]1. The van der Waals surface area contributed by atoms with Crippen molar-refractivity contribution in [3.63, 3.8) is 0 Å². The van der Waals surface area contributed by atoms with Gasteiger partial charge in [0.25, 0.3) is 0 Å². The number of urea groups is 1. The lowest BCUT2D eigenvalue weighted by Gasteiger charge is -2.18. The molecule has 0 spiro atoms. The minimum Gasteiger partial charge on any atom is -0.340 e. The zero-order chi connectivity index (χ0) is 13.1. The van der Waals surface area contributed by atoms with Crippen LogP contribution in [0.5, 0.6) is 0 Å². The summed E-state index contributed by atoms with van der Waals surface area (Å²) in [4.78, 5) is 21.0. The fraction of sp³-hybridized carbons (Fsp3) is 0.385. The summed E-state index contributed by atoms with van der Waals surface area (Å²) in [6, 6.07) is 7.59. The summed E-state index contributed by atoms with van der Waals surface area (Å²) < 4.78 is 0. The summed E-state index contributed by atoms with van der Waals surface area (Å²) in [6.07, 6.45) is 0. The van der Waals surface area contributed by atoms with Gasteiger partial charge in [-0.2, -0.15) is 0 Å². The Hall–Kier alpha value is -2.04. The van der Waals surface area contributed by atoms with E-state index < -0.39 is 0 Å². The first-order valence-electron chi connectivity index (χ1n) is 6.08. The van der Waals surface area contributed by atoms with Gasteiger partial charge in [-0.3, -0.25) is 0 Å². The highest BCUT2D eigenvalue weighted by molar-refractivity contribution is 5.76. The Kier molecular flexibility index (Phi) is 3.50. The summed E-state index contributed by atoms with van der Waals surface area (Å²) in [6.45, 7) is 4.53. The molecule has 2 rings (SSSR count). The lowest BCUT2D eigenvalue weighted by Crippen LogP contribution is -2.38. The first-order valence-corrected chi connectivity index (χ1v) is 6.08. The Morgan fingerprint density at radius 2 is 2.22 bits per heavy atom. The Labute approximate surface area is 106 Å². The minimum absolute atomic E-state index is 0.0922. The number of carbonyl (C=O) groups excluding carboxylic acids is 1. The summed E-state index contributed by atoms with van der Waals surface area (Å²) in [5, 5.41) is 2.90. The second-order valence-electron chi connectivity index (χ2n) is 4.32. The Morgan fingerprint density at radius 1 is 1.50 bits per heavy atom. The van der Waals surface area contributed by atoms with Crippen LogP contribution in [0.3, 0.4) is 0 Å². The molecule has 5 nitrogen and oxygen atoms in total. The molecule has 0 bridgehead atoms. The van der Waals surface area contributed by atoms with Gasteiger partial charge in [0.1, 0.15) is 5.82 Å². The van der Waals surface area contributed by atoms with Gasteiger partial charge >= 0.3 is 6.03 Å². The first kappa shape index (κ1) is 12.4. The minimum atomic E-state index is -0.140. The lowest BCUT2D eigenvalue weighted by atomic mass is 10.3. The van der Waals surface area contributed by atoms with Crippen LogP contribution in [0.4, 0.5) is 4.79 Å². The maximum atomic E-state index is 11.7. The monoisotopic (exact) mass is 246 g/mol. The molecule has 2 N–H and O–H groups in total. The molecule has 2 amide bonds. The number of carbonyl (C=O) groups is 1. The Balaban J connectivity index is 2.13. The maximum absolute atomic E-state index is 11.7. The van der Waals surface area contributed by atoms with Gasteiger partial charge in [0.05, 0.1) is 17.1 Å². The van der Waals surface area contributed by atoms with Crippen LogP contribution in [0.1, 0.15) is 25.7 Å². The van der Waals surface area contributed by atoms with Crippen LogP contribution < -0.4 is 5.32 Å². The van der Waals surface area contributed by atoms with Crippen LogP contribution in [-0.2, 0) is 0 Å². The molecule has 0 aliphatic heterocycles. The highest BCUT2D eigenvalue weighted by atomic mass is 16.2. The highest BCUT2D eigenvalue weighted by Gasteiger charge is 2.15. The van der Waals surface area contributed by atoms with Crippen molar-refractivity contribution in [2.45, 2.75) is 19.9 Å². The van der Waals surface area contributed by atoms with Gasteiger partial charge in [-0.05, 0) is 26.0 Å². The van der Waals surface area contributed by atoms with Crippen molar-refractivity contribution in [2.24, 2.45) is 0 Å². The molecule has 0 radical (unpaired) electrons. The summed E-state index contributed by atoms with van der Waals surface area (Å²) >= 11 is 0. The predicted molar refractivity (Wildman–Crippen MR) is 71.3 cm³/mol. The largest absolute Gasteiger partial charge is 0.340 e. The van der Waals surface area contributed by atoms with E-state index >= 15 is 0 Å². The van der Waals surface area contributed by atoms with E-state index in [2.05, 4.69) is 15.3 Å². The summed E-state index contributed by atoms with van der Waals surface area (Å²) in [5.74, 6) is 0.772. The third-order valence-corrected chi connectivity index (χ3v) is 2.98. The van der Waals surface area contributed by atoms with E-state index in [1.54, 1.807) is 11.9 Å². The number of hydrogen-bond acceptors (Lipinski definition) is 2. The van der Waals surface area contributed by atoms with E-state index in [0.717, 1.165) is 16.9 Å². The molecule has 18 heavy (non-hydrogen) atoms. The normalized spacial score (nSPS) is 12.4. The standard InChI is InChI=1S/C13H18N4O/c1-4-17(3)13(18)14-9(2)12-15-10-7-5-6-8-11(10)16-12/h5-9H,4H2,1-3H3,(H,14,18)(H,15,16). The molecule has 0 fully saturated rings. The second kappa shape index (κ2) is 5.08. The number of para-hydroxylation sites is 2. The van der Waals surface area contributed by atoms with Crippen molar-refractivity contribution in [2.75, 3.05) is 13.6 Å². The van der Waals surface area contributed by atoms with Gasteiger partial charge in [-0.15, -0.1) is 0 Å². The number of benzene rings is 1. The van der Waals surface area contributed by atoms with Gasteiger partial charge in [-0.25, -0.2) is 9.78 Å². The van der Waals surface area contributed by atoms with Crippen molar-refractivity contribution < 1.29 is 4.79 Å². The first-order chi connectivity index (χ1) is 8.61. The molecule has 1 atom stereocenters. The highest BCUT2D eigenvalue weighted by Crippen LogP contribution is 2.15. The molecule has 96 valence electrons. The molecule has 1 aromatic heterocycles. The summed E-state index contributed by atoms with van der Waals surface area (Å²) in [7, 11) is 1.76. The Bertz CT molecular complexity index is 516. The predicted octanol–water partition coefficient (Wildman–Crippen LogP) is 2.29. The number of fused-ring (bicyclic) bond motifs is 1. The van der Waals surface area contributed by atoms with Gasteiger partial charge in [-0.1, -0.05) is 12.1 Å². The second-order valence-corrected chi connectivity index (χ2v) is 4.32. The van der Waals surface area contributed by atoms with E-state index in [0.29, 0.717) is 6.54 Å². The number of amides is 2. The van der Waals surface area contributed by atoms with Crippen molar-refractivity contribution in [3.8, 4) is 0 Å². The van der Waals surface area contributed by atoms with Gasteiger partial charge in [0.15, 0.2) is 0 Å². The van der Waals surface area contributed by atoms with Crippen molar-refractivity contribution in [1.82, 2.24) is 20.2 Å². The molecule has 2 aromatic rings. The van der Waals surface area contributed by atoms with Gasteiger partial charge in [0, 0.05) is 13.6 Å². The van der Waals surface area contributed by atoms with Crippen molar-refractivity contribution in [1.29, 1.82) is 0 Å². The average molecular weight is 246 g/mol. The zero-order valence-corrected chi connectivity index (χ0v) is 10.9. The maximum Gasteiger partial charge on any atom is 0.317 e. The number of nitrogens with one attached hydrogen (secondary N) is 2. The van der Waals surface area contributed by atoms with Crippen LogP contribution in [0.2, 0.25) is 0 Å². The smallest absolute Gasteiger partial charge is 0.317 e. The number of imidazole rings is 1. The molecular formula is C13H18N4O. The van der Waals surface area contributed by atoms with Gasteiger partial charge in [0.2, 0.25) is 0 Å². The number of H-pyrrole nitrogens is 1. The van der Waals surface area contributed by atoms with Crippen LogP contribution >= 0.6 is 0 Å². The van der Waals surface area contributed by atoms with E-state index in [1.807, 2.05) is 38.1 Å². The van der Waals surface area contributed by atoms with Crippen molar-refractivity contribution in [3.05, 3.63) is 30.1 Å². The molecular weight excluding hydrogens is 228 g/mol. The molecule has 1 heterocycles. The fourth-order valence-electron chi connectivity index (χ4n) is 1.68. The molecule has 1 aromatic carbocycles. The van der Waals surface area contributed by atoms with Crippen LogP contribution in [0, 0.1) is 0 Å². The zero-order valence-electron chi connectivity index (χ0n) is 10.9. The van der Waals surface area contributed by atoms with Crippen LogP contribution in [0.15, 0.2) is 24.3 Å². The summed E-state index contributed by atoms with van der Waals surface area (Å²) in [5.41, 5.74) is 1.90. The molecule has 1 unspecified atom stereocenters. The molecule has 0 saturated carbocycles. The van der Waals surface area contributed by atoms with Crippen LogP contribution in [-0.4, -0.2) is 34.5 Å². The third kappa shape index (κ3) is 2.45. The van der Waals surface area contributed by atoms with Crippen LogP contribution in [0.25, 0.3) is 11.0 Å². The molecule has 0 aliphatic rings. The van der Waals surface area contributed by atoms with Crippen molar-refractivity contribution >= 4 is 17.1 Å². The molecule has 5 heteroatoms. The van der Waals surface area contributed by atoms with Gasteiger partial charge < -0.3 is 15.2 Å². The fourth-order valence-corrected chi connectivity index (χ4v) is 1.68. The molecule has 0 aliphatic carbocycles. The lowest BCUT2D eigenvalue weighted by molar-refractivity contribution is 0.207. The third-order valence-electron chi connectivity index (χ3n) is 2.98. The number of nitrogens with zero attached hydrogens (tertiary/aromatic N) is 2. The topological polar surface area (TPSA) is 61.0 Å². The van der Waals surface area contributed by atoms with E-state index in [1.165, 1.54) is 0 Å². The quantitative estimate of drug-likeness (QED) is 0.872. The van der Waals surface area contributed by atoms with E-state index in [-0.39, 0.29) is 12.1 Å². The van der Waals surface area contributed by atoms with E-state index in [9.17, 15) is 4.79 Å². The van der Waals surface area contributed by atoms with E-state index in [4.69, 9.17) is 0 Å². The number of aromatic amines is 1. The number of aromatic nitrogens is 2. The Morgan fingerprint density at radius 3 is 2.89 bits per heavy atom. The number of hydrogen-bond donors (Lipinski definition) is 2.